The summed E-state index contributed by atoms with van der Waals surface area (Å²) in [6, 6.07) is 4.76. The van der Waals surface area contributed by atoms with Gasteiger partial charge in [0.2, 0.25) is 5.95 Å². The maximum absolute atomic E-state index is 13.0. The number of benzene rings is 1. The lowest BCUT2D eigenvalue weighted by Crippen LogP contribution is -2.46. The molecule has 166 valence electrons. The Hall–Kier alpha value is -3.00. The normalized spacial score (nSPS) is 13.9. The molecule has 0 unspecified atom stereocenters. The van der Waals surface area contributed by atoms with Crippen molar-refractivity contribution in [2.75, 3.05) is 18.1 Å². The van der Waals surface area contributed by atoms with Gasteiger partial charge in [0.05, 0.1) is 10.6 Å². The number of carbonyl (C=O) groups is 2. The van der Waals surface area contributed by atoms with Gasteiger partial charge in [-0.15, -0.1) is 0 Å². The van der Waals surface area contributed by atoms with E-state index in [0.29, 0.717) is 0 Å². The number of rotatable bonds is 6. The van der Waals surface area contributed by atoms with Crippen molar-refractivity contribution in [3.8, 4) is 0 Å². The van der Waals surface area contributed by atoms with Gasteiger partial charge in [0.1, 0.15) is 13.5 Å². The summed E-state index contributed by atoms with van der Waals surface area (Å²) in [5, 5.41) is 14.6. The molecule has 31 heavy (non-hydrogen) atoms. The number of alkyl halides is 3. The summed E-state index contributed by atoms with van der Waals surface area (Å²) >= 11 is 0. The number of aliphatic hydroxyl groups is 1. The second-order valence-electron chi connectivity index (χ2n) is 6.81. The molecule has 0 saturated carbocycles. The van der Waals surface area contributed by atoms with Crippen molar-refractivity contribution < 1.29 is 36.3 Å². The van der Waals surface area contributed by atoms with Gasteiger partial charge in [-0.25, -0.2) is 18.4 Å². The standard InChI is InChI=1S/C17H18BF3N4O5S/c1-16(28,8-31(29,30)10-5-3-9(4-6-10)13(26)22-2)14(27)25-15-23-7-11(18)12(24-15)17(19,20)21/h3-7,28H,8,18H2,1-2H3,(H,22,26)(H,23,24,25,27)/t16-/m0/s1. The maximum atomic E-state index is 13.0. The highest BCUT2D eigenvalue weighted by molar-refractivity contribution is 7.91. The first-order valence-electron chi connectivity index (χ1n) is 8.67. The van der Waals surface area contributed by atoms with Gasteiger partial charge in [0.15, 0.2) is 15.4 Å². The quantitative estimate of drug-likeness (QED) is 0.486. The number of carbonyl (C=O) groups excluding carboxylic acids is 2. The van der Waals surface area contributed by atoms with Gasteiger partial charge in [-0.05, 0) is 36.7 Å². The van der Waals surface area contributed by atoms with Gasteiger partial charge in [-0.1, -0.05) is 0 Å². The molecule has 0 fully saturated rings. The monoisotopic (exact) mass is 458 g/mol. The van der Waals surface area contributed by atoms with Crippen LogP contribution in [0.3, 0.4) is 0 Å². The zero-order chi connectivity index (χ0) is 23.6. The summed E-state index contributed by atoms with van der Waals surface area (Å²) in [5.74, 6) is -3.57. The Balaban J connectivity index is 2.21. The van der Waals surface area contributed by atoms with Crippen molar-refractivity contribution in [2.45, 2.75) is 23.6 Å². The van der Waals surface area contributed by atoms with Crippen LogP contribution in [-0.4, -0.2) is 61.6 Å². The van der Waals surface area contributed by atoms with E-state index in [1.165, 1.54) is 19.2 Å². The number of aromatic nitrogens is 2. The number of halogens is 3. The minimum Gasteiger partial charge on any atom is -0.379 e. The molecule has 2 amide bonds. The molecule has 1 aromatic carbocycles. The average Bonchev–Trinajstić information content (AvgIpc) is 2.67. The average molecular weight is 458 g/mol. The molecule has 2 aromatic rings. The predicted molar refractivity (Wildman–Crippen MR) is 106 cm³/mol. The van der Waals surface area contributed by atoms with Gasteiger partial charge in [0, 0.05) is 18.8 Å². The molecule has 0 radical (unpaired) electrons. The number of anilines is 1. The molecule has 1 heterocycles. The van der Waals surface area contributed by atoms with Gasteiger partial charge in [-0.2, -0.15) is 13.2 Å². The molecule has 1 aromatic heterocycles. The molecule has 0 aliphatic heterocycles. The second-order valence-corrected chi connectivity index (χ2v) is 8.80. The van der Waals surface area contributed by atoms with E-state index in [4.69, 9.17) is 0 Å². The van der Waals surface area contributed by atoms with Crippen LogP contribution >= 0.6 is 0 Å². The zero-order valence-electron chi connectivity index (χ0n) is 16.6. The summed E-state index contributed by atoms with van der Waals surface area (Å²) in [5.41, 5.74) is -3.88. The third kappa shape index (κ3) is 5.79. The zero-order valence-corrected chi connectivity index (χ0v) is 17.4. The Bertz CT molecular complexity index is 1110. The number of nitrogens with zero attached hydrogens (tertiary/aromatic N) is 2. The van der Waals surface area contributed by atoms with E-state index in [1.54, 1.807) is 0 Å². The molecule has 3 N–H and O–H groups in total. The molecule has 14 heteroatoms. The minimum atomic E-state index is -4.79. The number of sulfone groups is 1. The van der Waals surface area contributed by atoms with Crippen LogP contribution in [0.2, 0.25) is 0 Å². The van der Waals surface area contributed by atoms with Gasteiger partial charge < -0.3 is 10.4 Å². The predicted octanol–water partition coefficient (Wildman–Crippen LogP) is -0.723. The van der Waals surface area contributed by atoms with E-state index in [0.717, 1.165) is 33.1 Å². The Morgan fingerprint density at radius 2 is 1.77 bits per heavy atom. The molecular formula is C17H18BF3N4O5S. The van der Waals surface area contributed by atoms with E-state index in [-0.39, 0.29) is 15.9 Å². The molecular weight excluding hydrogens is 440 g/mol. The Morgan fingerprint density at radius 3 is 2.29 bits per heavy atom. The molecule has 0 spiro atoms. The van der Waals surface area contributed by atoms with E-state index in [9.17, 15) is 36.3 Å². The van der Waals surface area contributed by atoms with E-state index >= 15 is 0 Å². The molecule has 2 rings (SSSR count). The number of amides is 2. The van der Waals surface area contributed by atoms with Crippen molar-refractivity contribution in [1.29, 1.82) is 0 Å². The molecule has 1 atom stereocenters. The molecule has 0 saturated heterocycles. The fraction of sp³-hybridized carbons (Fsp3) is 0.294. The lowest BCUT2D eigenvalue weighted by Gasteiger charge is -2.22. The molecule has 0 bridgehead atoms. The van der Waals surface area contributed by atoms with Gasteiger partial charge >= 0.3 is 6.18 Å². The number of hydrogen-bond acceptors (Lipinski definition) is 7. The molecule has 0 aliphatic rings. The van der Waals surface area contributed by atoms with Crippen molar-refractivity contribution in [1.82, 2.24) is 15.3 Å². The van der Waals surface area contributed by atoms with Crippen molar-refractivity contribution in [3.05, 3.63) is 41.7 Å². The van der Waals surface area contributed by atoms with Crippen molar-refractivity contribution in [3.63, 3.8) is 0 Å². The largest absolute Gasteiger partial charge is 0.432 e. The Labute approximate surface area is 176 Å². The van der Waals surface area contributed by atoms with Crippen molar-refractivity contribution >= 4 is 40.9 Å². The first-order chi connectivity index (χ1) is 14.2. The Kier molecular flexibility index (Phi) is 6.76. The highest BCUT2D eigenvalue weighted by Crippen LogP contribution is 2.26. The van der Waals surface area contributed by atoms with Crippen LogP contribution in [0.1, 0.15) is 23.0 Å². The maximum Gasteiger partial charge on any atom is 0.432 e. The lowest BCUT2D eigenvalue weighted by molar-refractivity contribution is -0.140. The fourth-order valence-electron chi connectivity index (χ4n) is 2.50. The molecule has 9 nitrogen and oxygen atoms in total. The SMILES string of the molecule is Bc1cnc(NC(=O)[C@@](C)(O)CS(=O)(=O)c2ccc(C(=O)NC)cc2)nc1C(F)(F)F. The first-order valence-corrected chi connectivity index (χ1v) is 10.3. The van der Waals surface area contributed by atoms with Crippen LogP contribution in [0.5, 0.6) is 0 Å². The van der Waals surface area contributed by atoms with Gasteiger partial charge in [0.25, 0.3) is 11.8 Å². The van der Waals surface area contributed by atoms with Crippen LogP contribution < -0.4 is 16.1 Å². The number of nitrogens with one attached hydrogen (secondary N) is 2. The van der Waals surface area contributed by atoms with Crippen LogP contribution in [0, 0.1) is 0 Å². The van der Waals surface area contributed by atoms with Crippen LogP contribution in [0.25, 0.3) is 0 Å². The summed E-state index contributed by atoms with van der Waals surface area (Å²) < 4.78 is 64.0. The van der Waals surface area contributed by atoms with Crippen LogP contribution in [-0.2, 0) is 20.8 Å². The van der Waals surface area contributed by atoms with Crippen LogP contribution in [0.15, 0.2) is 35.4 Å². The third-order valence-corrected chi connectivity index (χ3v) is 6.06. The first kappa shape index (κ1) is 24.3. The lowest BCUT2D eigenvalue weighted by atomic mass is 9.96. The topological polar surface area (TPSA) is 138 Å². The second kappa shape index (κ2) is 8.63. The summed E-state index contributed by atoms with van der Waals surface area (Å²) in [4.78, 5) is 30.4. The van der Waals surface area contributed by atoms with Crippen molar-refractivity contribution in [2.24, 2.45) is 0 Å². The smallest absolute Gasteiger partial charge is 0.379 e. The fourth-order valence-corrected chi connectivity index (χ4v) is 4.09. The summed E-state index contributed by atoms with van der Waals surface area (Å²) in [6.07, 6.45) is -3.95. The number of hydrogen-bond donors (Lipinski definition) is 3. The minimum absolute atomic E-state index is 0.197. The molecule has 0 aliphatic carbocycles. The van der Waals surface area contributed by atoms with Gasteiger partial charge in [-0.3, -0.25) is 14.9 Å². The van der Waals surface area contributed by atoms with E-state index in [2.05, 4.69) is 15.3 Å². The van der Waals surface area contributed by atoms with E-state index in [1.807, 2.05) is 5.32 Å². The third-order valence-electron chi connectivity index (χ3n) is 4.13. The van der Waals surface area contributed by atoms with Crippen LogP contribution in [0.4, 0.5) is 19.1 Å². The summed E-state index contributed by atoms with van der Waals surface area (Å²) in [7, 11) is -1.67. The summed E-state index contributed by atoms with van der Waals surface area (Å²) in [6.45, 7) is 0.887. The highest BCUT2D eigenvalue weighted by Gasteiger charge is 2.38. The van der Waals surface area contributed by atoms with E-state index < -0.39 is 50.8 Å². The highest BCUT2D eigenvalue weighted by atomic mass is 32.2. The Morgan fingerprint density at radius 1 is 1.19 bits per heavy atom.